The summed E-state index contributed by atoms with van der Waals surface area (Å²) in [5.41, 5.74) is 0.189. The number of nitrogens with zero attached hydrogens (tertiary/aromatic N) is 1. The molecule has 4 unspecified atom stereocenters. The lowest BCUT2D eigenvalue weighted by Crippen LogP contribution is -2.56. The van der Waals surface area contributed by atoms with Gasteiger partial charge in [-0.15, -0.1) is 0 Å². The molecule has 10 nitrogen and oxygen atoms in total. The van der Waals surface area contributed by atoms with Crippen molar-refractivity contribution in [1.29, 1.82) is 0 Å². The van der Waals surface area contributed by atoms with Gasteiger partial charge < -0.3 is 30.1 Å². The number of esters is 1. The maximum atomic E-state index is 14.4. The molecule has 2 aromatic rings. The fourth-order valence-electron chi connectivity index (χ4n) is 4.89. The van der Waals surface area contributed by atoms with Gasteiger partial charge in [-0.05, 0) is 89.6 Å². The first-order valence-corrected chi connectivity index (χ1v) is 16.0. The summed E-state index contributed by atoms with van der Waals surface area (Å²) < 4.78 is 11.2. The van der Waals surface area contributed by atoms with E-state index in [0.717, 1.165) is 5.56 Å². The fourth-order valence-corrected chi connectivity index (χ4v) is 4.89. The molecule has 0 fully saturated rings. The van der Waals surface area contributed by atoms with E-state index in [0.29, 0.717) is 24.0 Å². The maximum absolute atomic E-state index is 14.4. The molecular formula is C36H53N3O7. The molecule has 0 bridgehead atoms. The SMILES string of the molecule is CCCN(C(=O)C(NC(=O)OC(C)(C)C)C(C)CC)C(C(=O)NC(Cc1ccccc1)C(=O)OC(C)(C)C)c1ccc(O)c(C)c1. The van der Waals surface area contributed by atoms with Crippen LogP contribution in [0.2, 0.25) is 0 Å². The highest BCUT2D eigenvalue weighted by Crippen LogP contribution is 2.29. The zero-order valence-corrected chi connectivity index (χ0v) is 29.1. The number of hydrogen-bond donors (Lipinski definition) is 3. The second kappa shape index (κ2) is 16.5. The number of amides is 3. The lowest BCUT2D eigenvalue weighted by atomic mass is 9.95. The second-order valence-electron chi connectivity index (χ2n) is 13.8. The van der Waals surface area contributed by atoms with Gasteiger partial charge in [-0.3, -0.25) is 9.59 Å². The van der Waals surface area contributed by atoms with Crippen molar-refractivity contribution in [2.75, 3.05) is 6.54 Å². The molecule has 46 heavy (non-hydrogen) atoms. The van der Waals surface area contributed by atoms with E-state index in [-0.39, 0.29) is 24.6 Å². The van der Waals surface area contributed by atoms with Gasteiger partial charge in [0.15, 0.2) is 0 Å². The topological polar surface area (TPSA) is 134 Å². The van der Waals surface area contributed by atoms with Crippen LogP contribution in [-0.4, -0.2) is 63.7 Å². The van der Waals surface area contributed by atoms with Gasteiger partial charge in [-0.25, -0.2) is 9.59 Å². The number of carbonyl (C=O) groups is 4. The summed E-state index contributed by atoms with van der Waals surface area (Å²) >= 11 is 0. The Kier molecular flexibility index (Phi) is 13.6. The van der Waals surface area contributed by atoms with Gasteiger partial charge in [0.05, 0.1) is 0 Å². The van der Waals surface area contributed by atoms with E-state index in [1.165, 1.54) is 11.0 Å². The van der Waals surface area contributed by atoms with Crippen LogP contribution in [0.3, 0.4) is 0 Å². The Hall–Kier alpha value is -4.08. The molecule has 3 amide bonds. The highest BCUT2D eigenvalue weighted by atomic mass is 16.6. The summed E-state index contributed by atoms with van der Waals surface area (Å²) in [6.07, 6.45) is 0.502. The summed E-state index contributed by atoms with van der Waals surface area (Å²) in [6.45, 7) is 18.0. The van der Waals surface area contributed by atoms with Gasteiger partial charge in [0.2, 0.25) is 11.8 Å². The van der Waals surface area contributed by atoms with E-state index in [1.54, 1.807) is 60.6 Å². The van der Waals surface area contributed by atoms with Crippen LogP contribution < -0.4 is 10.6 Å². The average Bonchev–Trinajstić information content (AvgIpc) is 2.95. The third-order valence-electron chi connectivity index (χ3n) is 7.29. The highest BCUT2D eigenvalue weighted by molar-refractivity contribution is 5.94. The Labute approximate surface area is 274 Å². The molecule has 0 aromatic heterocycles. The molecule has 0 aliphatic carbocycles. The number of aromatic hydroxyl groups is 1. The summed E-state index contributed by atoms with van der Waals surface area (Å²) in [7, 11) is 0. The first-order chi connectivity index (χ1) is 21.4. The van der Waals surface area contributed by atoms with Crippen LogP contribution in [-0.2, 0) is 30.3 Å². The minimum Gasteiger partial charge on any atom is -0.508 e. The standard InChI is InChI=1S/C36H53N3O7/c1-11-20-39(32(42)29(23(3)12-2)38-34(44)46-36(8,9)10)30(26-18-19-28(40)24(4)21-26)31(41)37-27(33(43)45-35(5,6)7)22-25-16-14-13-15-17-25/h13-19,21,23,27,29-30,40H,11-12,20,22H2,1-10H3,(H,37,41)(H,38,44). The summed E-state index contributed by atoms with van der Waals surface area (Å²) in [5, 5.41) is 15.9. The molecule has 0 spiro atoms. The quantitative estimate of drug-likeness (QED) is 0.229. The van der Waals surface area contributed by atoms with E-state index < -0.39 is 53.2 Å². The zero-order chi connectivity index (χ0) is 34.8. The van der Waals surface area contributed by atoms with Crippen molar-refractivity contribution in [1.82, 2.24) is 15.5 Å². The van der Waals surface area contributed by atoms with Crippen LogP contribution in [0.1, 0.15) is 97.9 Å². The molecule has 0 saturated heterocycles. The minimum absolute atomic E-state index is 0.0380. The molecule has 0 saturated carbocycles. The van der Waals surface area contributed by atoms with Gasteiger partial charge in [0.25, 0.3) is 0 Å². The lowest BCUT2D eigenvalue weighted by molar-refractivity contribution is -0.159. The van der Waals surface area contributed by atoms with Gasteiger partial charge in [-0.1, -0.05) is 63.6 Å². The van der Waals surface area contributed by atoms with Crippen LogP contribution in [0.25, 0.3) is 0 Å². The number of carbonyl (C=O) groups excluding carboxylic acids is 4. The number of alkyl carbamates (subject to hydrolysis) is 1. The van der Waals surface area contributed by atoms with Crippen molar-refractivity contribution in [3.8, 4) is 5.75 Å². The van der Waals surface area contributed by atoms with Crippen molar-refractivity contribution >= 4 is 23.9 Å². The average molecular weight is 640 g/mol. The Morgan fingerprint density at radius 2 is 1.50 bits per heavy atom. The first-order valence-electron chi connectivity index (χ1n) is 16.0. The number of phenols is 1. The number of aryl methyl sites for hydroxylation is 1. The number of benzene rings is 2. The molecular weight excluding hydrogens is 586 g/mol. The minimum atomic E-state index is -1.19. The lowest BCUT2D eigenvalue weighted by Gasteiger charge is -2.36. The van der Waals surface area contributed by atoms with Gasteiger partial charge in [-0.2, -0.15) is 0 Å². The van der Waals surface area contributed by atoms with Crippen LogP contribution in [0.15, 0.2) is 48.5 Å². The van der Waals surface area contributed by atoms with Crippen molar-refractivity contribution in [2.45, 2.75) is 118 Å². The zero-order valence-electron chi connectivity index (χ0n) is 29.1. The first kappa shape index (κ1) is 38.1. The number of rotatable bonds is 13. The summed E-state index contributed by atoms with van der Waals surface area (Å²) in [5.74, 6) is -1.93. The van der Waals surface area contributed by atoms with E-state index >= 15 is 0 Å². The van der Waals surface area contributed by atoms with Crippen LogP contribution >= 0.6 is 0 Å². The Morgan fingerprint density at radius 3 is 2.02 bits per heavy atom. The van der Waals surface area contributed by atoms with E-state index in [2.05, 4.69) is 10.6 Å². The molecule has 0 heterocycles. The van der Waals surface area contributed by atoms with Crippen molar-refractivity contribution < 1.29 is 33.8 Å². The molecule has 4 atom stereocenters. The molecule has 2 aromatic carbocycles. The molecule has 0 aliphatic rings. The van der Waals surface area contributed by atoms with Crippen molar-refractivity contribution in [3.63, 3.8) is 0 Å². The van der Waals surface area contributed by atoms with Crippen molar-refractivity contribution in [3.05, 3.63) is 65.2 Å². The second-order valence-corrected chi connectivity index (χ2v) is 13.8. The third kappa shape index (κ3) is 11.7. The molecule has 0 radical (unpaired) electrons. The third-order valence-corrected chi connectivity index (χ3v) is 7.29. The van der Waals surface area contributed by atoms with Gasteiger partial charge in [0.1, 0.15) is 35.1 Å². The van der Waals surface area contributed by atoms with Crippen LogP contribution in [0, 0.1) is 12.8 Å². The van der Waals surface area contributed by atoms with Gasteiger partial charge >= 0.3 is 12.1 Å². The Balaban J connectivity index is 2.63. The van der Waals surface area contributed by atoms with Crippen LogP contribution in [0.4, 0.5) is 4.79 Å². The predicted octanol–water partition coefficient (Wildman–Crippen LogP) is 5.99. The molecule has 3 N–H and O–H groups in total. The normalized spacial score (nSPS) is 14.3. The van der Waals surface area contributed by atoms with Crippen LogP contribution in [0.5, 0.6) is 5.75 Å². The van der Waals surface area contributed by atoms with E-state index in [9.17, 15) is 24.3 Å². The summed E-state index contributed by atoms with van der Waals surface area (Å²) in [6, 6.07) is 10.7. The predicted molar refractivity (Wildman–Crippen MR) is 178 cm³/mol. The molecule has 254 valence electrons. The maximum Gasteiger partial charge on any atom is 0.408 e. The highest BCUT2D eigenvalue weighted by Gasteiger charge is 2.39. The number of ether oxygens (including phenoxy) is 2. The van der Waals surface area contributed by atoms with Crippen molar-refractivity contribution in [2.24, 2.45) is 5.92 Å². The number of hydrogen-bond acceptors (Lipinski definition) is 7. The molecule has 10 heteroatoms. The Bertz CT molecular complexity index is 1330. The number of phenolic OH excluding ortho intramolecular Hbond substituents is 1. The smallest absolute Gasteiger partial charge is 0.408 e. The number of nitrogens with one attached hydrogen (secondary N) is 2. The summed E-state index contributed by atoms with van der Waals surface area (Å²) in [4.78, 5) is 56.6. The van der Waals surface area contributed by atoms with Gasteiger partial charge in [0, 0.05) is 13.0 Å². The Morgan fingerprint density at radius 1 is 0.891 bits per heavy atom. The molecule has 0 aliphatic heterocycles. The van der Waals surface area contributed by atoms with E-state index in [4.69, 9.17) is 9.47 Å². The largest absolute Gasteiger partial charge is 0.508 e. The van der Waals surface area contributed by atoms with E-state index in [1.807, 2.05) is 51.1 Å². The fraction of sp³-hybridized carbons (Fsp3) is 0.556. The molecule has 2 rings (SSSR count). The monoisotopic (exact) mass is 639 g/mol.